The minimum Gasteiger partial charge on any atom is -0.299 e. The second-order valence-corrected chi connectivity index (χ2v) is 5.30. The van der Waals surface area contributed by atoms with Crippen LogP contribution in [0.3, 0.4) is 0 Å². The van der Waals surface area contributed by atoms with Gasteiger partial charge in [0.05, 0.1) is 0 Å². The number of halogens is 1. The van der Waals surface area contributed by atoms with Crippen molar-refractivity contribution >= 4 is 11.6 Å². The van der Waals surface area contributed by atoms with Crippen molar-refractivity contribution in [3.8, 4) is 0 Å². The van der Waals surface area contributed by atoms with Crippen molar-refractivity contribution < 1.29 is 0 Å². The van der Waals surface area contributed by atoms with E-state index in [2.05, 4.69) is 4.90 Å². The highest BCUT2D eigenvalue weighted by atomic mass is 35.5. The van der Waals surface area contributed by atoms with Gasteiger partial charge >= 0.3 is 0 Å². The van der Waals surface area contributed by atoms with E-state index < -0.39 is 0 Å². The maximum Gasteiger partial charge on any atom is 0.0351 e. The molecule has 2 aliphatic rings. The molecule has 0 saturated heterocycles. The van der Waals surface area contributed by atoms with E-state index in [-0.39, 0.29) is 0 Å². The molecule has 82 valence electrons. The summed E-state index contributed by atoms with van der Waals surface area (Å²) in [5.74, 6) is 1.81. The minimum atomic E-state index is 0.809. The van der Waals surface area contributed by atoms with Crippen LogP contribution >= 0.6 is 11.6 Å². The van der Waals surface area contributed by atoms with Crippen LogP contribution in [0.4, 0.5) is 0 Å². The van der Waals surface area contributed by atoms with Gasteiger partial charge in [0, 0.05) is 25.0 Å². The van der Waals surface area contributed by atoms with Gasteiger partial charge in [-0.1, -0.05) is 19.3 Å². The largest absolute Gasteiger partial charge is 0.299 e. The molecular weight excluding hydrogens is 194 g/mol. The average molecular weight is 216 g/mol. The smallest absolute Gasteiger partial charge is 0.0351 e. The van der Waals surface area contributed by atoms with Crippen molar-refractivity contribution in [2.24, 2.45) is 5.92 Å². The van der Waals surface area contributed by atoms with Gasteiger partial charge in [-0.05, 0) is 31.6 Å². The number of alkyl halides is 1. The summed E-state index contributed by atoms with van der Waals surface area (Å²) < 4.78 is 0. The number of hydrogen-bond donors (Lipinski definition) is 0. The summed E-state index contributed by atoms with van der Waals surface area (Å²) in [6.07, 6.45) is 10.1. The van der Waals surface area contributed by atoms with Crippen LogP contribution in [0.1, 0.15) is 44.9 Å². The molecule has 2 heteroatoms. The molecule has 2 fully saturated rings. The zero-order chi connectivity index (χ0) is 9.80. The van der Waals surface area contributed by atoms with Gasteiger partial charge in [0.15, 0.2) is 0 Å². The monoisotopic (exact) mass is 215 g/mol. The van der Waals surface area contributed by atoms with Gasteiger partial charge in [-0.15, -0.1) is 11.6 Å². The molecule has 0 heterocycles. The molecule has 0 aromatic carbocycles. The third-order valence-electron chi connectivity index (χ3n) is 3.93. The summed E-state index contributed by atoms with van der Waals surface area (Å²) in [5, 5.41) is 0. The maximum atomic E-state index is 5.88. The Morgan fingerprint density at radius 2 is 1.71 bits per heavy atom. The summed E-state index contributed by atoms with van der Waals surface area (Å²) in [5.41, 5.74) is 0. The van der Waals surface area contributed by atoms with Gasteiger partial charge < -0.3 is 0 Å². The van der Waals surface area contributed by atoms with Gasteiger partial charge in [-0.25, -0.2) is 0 Å². The fourth-order valence-electron chi connectivity index (χ4n) is 2.81. The minimum absolute atomic E-state index is 0.809. The van der Waals surface area contributed by atoms with E-state index >= 15 is 0 Å². The van der Waals surface area contributed by atoms with Crippen LogP contribution in [0.2, 0.25) is 0 Å². The Morgan fingerprint density at radius 1 is 1.00 bits per heavy atom. The average Bonchev–Trinajstić information content (AvgIpc) is 2.61. The summed E-state index contributed by atoms with van der Waals surface area (Å²) >= 11 is 5.88. The van der Waals surface area contributed by atoms with E-state index in [0.717, 1.165) is 24.4 Å². The topological polar surface area (TPSA) is 3.24 Å². The van der Waals surface area contributed by atoms with E-state index in [4.69, 9.17) is 11.6 Å². The lowest BCUT2D eigenvalue weighted by atomic mass is 9.85. The Balaban J connectivity index is 1.78. The molecule has 2 aliphatic carbocycles. The predicted octanol–water partition coefficient (Wildman–Crippen LogP) is 3.27. The molecule has 14 heavy (non-hydrogen) atoms. The molecule has 0 aliphatic heterocycles. The number of rotatable bonds is 5. The summed E-state index contributed by atoms with van der Waals surface area (Å²) in [4.78, 5) is 2.67. The third-order valence-corrected chi connectivity index (χ3v) is 4.10. The quantitative estimate of drug-likeness (QED) is 0.637. The van der Waals surface area contributed by atoms with Crippen LogP contribution in [0.25, 0.3) is 0 Å². The molecule has 1 nitrogen and oxygen atoms in total. The van der Waals surface area contributed by atoms with Crippen molar-refractivity contribution in [2.75, 3.05) is 19.0 Å². The van der Waals surface area contributed by atoms with Crippen molar-refractivity contribution in [1.29, 1.82) is 0 Å². The lowest BCUT2D eigenvalue weighted by molar-refractivity contribution is 0.141. The fraction of sp³-hybridized carbons (Fsp3) is 1.00. The van der Waals surface area contributed by atoms with E-state index in [1.165, 1.54) is 51.5 Å². The summed E-state index contributed by atoms with van der Waals surface area (Å²) in [6.45, 7) is 2.44. The van der Waals surface area contributed by atoms with Gasteiger partial charge in [0.2, 0.25) is 0 Å². The highest BCUT2D eigenvalue weighted by Gasteiger charge is 2.26. The first kappa shape index (κ1) is 10.8. The first-order valence-electron chi connectivity index (χ1n) is 6.20. The molecule has 0 bridgehead atoms. The van der Waals surface area contributed by atoms with E-state index in [1.54, 1.807) is 0 Å². The first-order chi connectivity index (χ1) is 6.90. The standard InChI is InChI=1S/C12H22ClN/c13-8-9-14(10-11-4-3-5-11)12-6-1-2-7-12/h11-12H,1-10H2. The Morgan fingerprint density at radius 3 is 2.21 bits per heavy atom. The maximum absolute atomic E-state index is 5.88. The molecule has 0 aromatic rings. The third kappa shape index (κ3) is 2.64. The Bertz CT molecular complexity index is 162. The van der Waals surface area contributed by atoms with Crippen molar-refractivity contribution in [2.45, 2.75) is 51.0 Å². The Labute approximate surface area is 92.8 Å². The van der Waals surface area contributed by atoms with Gasteiger partial charge in [-0.2, -0.15) is 0 Å². The van der Waals surface area contributed by atoms with Crippen LogP contribution in [0.5, 0.6) is 0 Å². The van der Waals surface area contributed by atoms with Crippen LogP contribution in [0.15, 0.2) is 0 Å². The molecule has 0 unspecified atom stereocenters. The van der Waals surface area contributed by atoms with Crippen LogP contribution < -0.4 is 0 Å². The fourth-order valence-corrected chi connectivity index (χ4v) is 3.03. The molecule has 0 amide bonds. The molecule has 2 rings (SSSR count). The van der Waals surface area contributed by atoms with Gasteiger partial charge in [0.1, 0.15) is 0 Å². The van der Waals surface area contributed by atoms with Crippen LogP contribution in [0, 0.1) is 5.92 Å². The normalized spacial score (nSPS) is 24.4. The van der Waals surface area contributed by atoms with E-state index in [9.17, 15) is 0 Å². The van der Waals surface area contributed by atoms with Crippen molar-refractivity contribution in [1.82, 2.24) is 4.90 Å². The first-order valence-corrected chi connectivity index (χ1v) is 6.73. The highest BCUT2D eigenvalue weighted by molar-refractivity contribution is 6.18. The zero-order valence-corrected chi connectivity index (χ0v) is 9.81. The Hall–Kier alpha value is 0.250. The molecule has 0 radical (unpaired) electrons. The second kappa shape index (κ2) is 5.37. The molecule has 0 atom stereocenters. The highest BCUT2D eigenvalue weighted by Crippen LogP contribution is 2.30. The van der Waals surface area contributed by atoms with E-state index in [1.807, 2.05) is 0 Å². The van der Waals surface area contributed by atoms with Crippen LogP contribution in [-0.2, 0) is 0 Å². The number of nitrogens with zero attached hydrogens (tertiary/aromatic N) is 1. The lowest BCUT2D eigenvalue weighted by Gasteiger charge is -2.35. The van der Waals surface area contributed by atoms with E-state index in [0.29, 0.717) is 0 Å². The predicted molar refractivity (Wildman–Crippen MR) is 61.9 cm³/mol. The van der Waals surface area contributed by atoms with Crippen molar-refractivity contribution in [3.63, 3.8) is 0 Å². The molecule has 0 aromatic heterocycles. The molecule has 2 saturated carbocycles. The van der Waals surface area contributed by atoms with Crippen LogP contribution in [-0.4, -0.2) is 29.9 Å². The summed E-state index contributed by atoms with van der Waals surface area (Å²) in [6, 6.07) is 0.870. The molecular formula is C12H22ClN. The Kier molecular flexibility index (Phi) is 4.12. The van der Waals surface area contributed by atoms with Crippen molar-refractivity contribution in [3.05, 3.63) is 0 Å². The van der Waals surface area contributed by atoms with Gasteiger partial charge in [-0.3, -0.25) is 4.90 Å². The molecule has 0 spiro atoms. The second-order valence-electron chi connectivity index (χ2n) is 4.92. The number of hydrogen-bond acceptors (Lipinski definition) is 1. The summed E-state index contributed by atoms with van der Waals surface area (Å²) in [7, 11) is 0. The molecule has 0 N–H and O–H groups in total. The zero-order valence-electron chi connectivity index (χ0n) is 9.05. The SMILES string of the molecule is ClCCN(CC1CCC1)C1CCCC1. The lowest BCUT2D eigenvalue weighted by Crippen LogP contribution is -2.40. The van der Waals surface area contributed by atoms with Gasteiger partial charge in [0.25, 0.3) is 0 Å².